The van der Waals surface area contributed by atoms with Gasteiger partial charge in [-0.05, 0) is 54.9 Å². The van der Waals surface area contributed by atoms with Crippen molar-refractivity contribution >= 4 is 49.5 Å². The number of ether oxygens (including phenoxy) is 1. The first kappa shape index (κ1) is 17.1. The second-order valence-electron chi connectivity index (χ2n) is 4.83. The normalized spacial score (nSPS) is 11.8. The Morgan fingerprint density at radius 2 is 1.95 bits per heavy atom. The molecule has 0 atom stereocenters. The Hall–Kier alpha value is -0.990. The molecule has 0 aliphatic carbocycles. The van der Waals surface area contributed by atoms with Crippen LogP contribution in [0.1, 0.15) is 20.8 Å². The van der Waals surface area contributed by atoms with Gasteiger partial charge in [-0.1, -0.05) is 11.6 Å². The highest BCUT2D eigenvalue weighted by Crippen LogP contribution is 2.26. The summed E-state index contributed by atoms with van der Waals surface area (Å²) in [6.07, 6.45) is -1.06. The van der Waals surface area contributed by atoms with Gasteiger partial charge in [0.05, 0.1) is 5.69 Å². The molecule has 6 nitrogen and oxygen atoms in total. The SMILES string of the molecule is CC(C)(C)OC(=O)NS(=O)(=O)Nc1ccc(Cl)cc1Br. The van der Waals surface area contributed by atoms with Gasteiger partial charge in [0.25, 0.3) is 0 Å². The topological polar surface area (TPSA) is 84.5 Å². The lowest BCUT2D eigenvalue weighted by Gasteiger charge is -2.19. The fourth-order valence-corrected chi connectivity index (χ4v) is 2.84. The highest BCUT2D eigenvalue weighted by molar-refractivity contribution is 9.10. The van der Waals surface area contributed by atoms with E-state index in [1.165, 1.54) is 18.2 Å². The fourth-order valence-electron chi connectivity index (χ4n) is 1.15. The molecular weight excluding hydrogens is 372 g/mol. The van der Waals surface area contributed by atoms with Gasteiger partial charge in [-0.3, -0.25) is 4.72 Å². The van der Waals surface area contributed by atoms with Gasteiger partial charge < -0.3 is 4.74 Å². The highest BCUT2D eigenvalue weighted by Gasteiger charge is 2.21. The number of hydrogen-bond donors (Lipinski definition) is 2. The second kappa shape index (κ2) is 6.19. The minimum Gasteiger partial charge on any atom is -0.443 e. The van der Waals surface area contributed by atoms with Crippen LogP contribution in [0.2, 0.25) is 5.02 Å². The average molecular weight is 386 g/mol. The molecule has 1 aromatic carbocycles. The van der Waals surface area contributed by atoms with Crippen LogP contribution in [0.15, 0.2) is 22.7 Å². The van der Waals surface area contributed by atoms with Crippen LogP contribution in [-0.2, 0) is 14.9 Å². The Morgan fingerprint density at radius 3 is 2.45 bits per heavy atom. The lowest BCUT2D eigenvalue weighted by atomic mass is 10.2. The summed E-state index contributed by atoms with van der Waals surface area (Å²) in [6, 6.07) is 4.49. The van der Waals surface area contributed by atoms with Crippen molar-refractivity contribution in [3.05, 3.63) is 27.7 Å². The van der Waals surface area contributed by atoms with Crippen LogP contribution < -0.4 is 9.44 Å². The van der Waals surface area contributed by atoms with Crippen molar-refractivity contribution in [2.45, 2.75) is 26.4 Å². The maximum Gasteiger partial charge on any atom is 0.422 e. The van der Waals surface area contributed by atoms with Gasteiger partial charge in [-0.25, -0.2) is 9.52 Å². The Labute approximate surface area is 131 Å². The van der Waals surface area contributed by atoms with Crippen molar-refractivity contribution in [1.29, 1.82) is 0 Å². The van der Waals surface area contributed by atoms with Gasteiger partial charge in [-0.2, -0.15) is 8.42 Å². The first-order chi connectivity index (χ1) is 8.98. The summed E-state index contributed by atoms with van der Waals surface area (Å²) in [7, 11) is -4.09. The number of halogens is 2. The summed E-state index contributed by atoms with van der Waals surface area (Å²) in [5.41, 5.74) is -0.550. The molecule has 112 valence electrons. The summed E-state index contributed by atoms with van der Waals surface area (Å²) < 4.78 is 32.8. The standard InChI is InChI=1S/C11H14BrClN2O4S/c1-11(2,3)19-10(16)15-20(17,18)14-9-5-4-7(13)6-8(9)12/h4-6,14H,1-3H3,(H,15,16). The average Bonchev–Trinajstić information content (AvgIpc) is 2.18. The molecular formula is C11H14BrClN2O4S. The summed E-state index contributed by atoms with van der Waals surface area (Å²) in [6.45, 7) is 4.88. The smallest absolute Gasteiger partial charge is 0.422 e. The molecule has 0 unspecified atom stereocenters. The molecule has 0 saturated heterocycles. The minimum atomic E-state index is -4.09. The molecule has 0 bridgehead atoms. The number of anilines is 1. The number of carbonyl (C=O) groups excluding carboxylic acids is 1. The molecule has 0 saturated carbocycles. The van der Waals surface area contributed by atoms with E-state index in [9.17, 15) is 13.2 Å². The van der Waals surface area contributed by atoms with Gasteiger partial charge in [0.1, 0.15) is 5.60 Å². The summed E-state index contributed by atoms with van der Waals surface area (Å²) in [4.78, 5) is 11.4. The molecule has 1 aromatic rings. The van der Waals surface area contributed by atoms with E-state index in [1.54, 1.807) is 25.5 Å². The highest BCUT2D eigenvalue weighted by atomic mass is 79.9. The van der Waals surface area contributed by atoms with Crippen molar-refractivity contribution in [3.63, 3.8) is 0 Å². The molecule has 0 fully saturated rings. The molecule has 0 aromatic heterocycles. The van der Waals surface area contributed by atoms with Crippen molar-refractivity contribution < 1.29 is 17.9 Å². The monoisotopic (exact) mass is 384 g/mol. The molecule has 0 spiro atoms. The Morgan fingerprint density at radius 1 is 1.35 bits per heavy atom. The van der Waals surface area contributed by atoms with E-state index in [0.717, 1.165) is 0 Å². The molecule has 1 amide bonds. The number of hydrogen-bond acceptors (Lipinski definition) is 4. The molecule has 20 heavy (non-hydrogen) atoms. The maximum atomic E-state index is 11.8. The Balaban J connectivity index is 2.78. The van der Waals surface area contributed by atoms with Crippen LogP contribution in [0.4, 0.5) is 10.5 Å². The predicted molar refractivity (Wildman–Crippen MR) is 81.1 cm³/mol. The van der Waals surface area contributed by atoms with E-state index in [4.69, 9.17) is 16.3 Å². The number of amides is 1. The zero-order chi connectivity index (χ0) is 15.6. The Bertz CT molecular complexity index is 613. The summed E-state index contributed by atoms with van der Waals surface area (Å²) in [5.74, 6) is 0. The van der Waals surface area contributed by atoms with E-state index in [0.29, 0.717) is 9.50 Å². The predicted octanol–water partition coefficient (Wildman–Crippen LogP) is 3.28. The lowest BCUT2D eigenvalue weighted by Crippen LogP contribution is -2.39. The minimum absolute atomic E-state index is 0.241. The van der Waals surface area contributed by atoms with Crippen molar-refractivity contribution in [2.75, 3.05) is 4.72 Å². The van der Waals surface area contributed by atoms with E-state index in [1.807, 2.05) is 0 Å². The van der Waals surface area contributed by atoms with Gasteiger partial charge >= 0.3 is 16.3 Å². The van der Waals surface area contributed by atoms with Gasteiger partial charge in [0, 0.05) is 9.50 Å². The molecule has 0 aliphatic heterocycles. The zero-order valence-corrected chi connectivity index (χ0v) is 14.2. The van der Waals surface area contributed by atoms with Crippen LogP contribution in [0, 0.1) is 0 Å². The van der Waals surface area contributed by atoms with Crippen molar-refractivity contribution in [2.24, 2.45) is 0 Å². The quantitative estimate of drug-likeness (QED) is 0.836. The number of carbonyl (C=O) groups is 1. The molecule has 0 radical (unpaired) electrons. The van der Waals surface area contributed by atoms with Gasteiger partial charge in [0.15, 0.2) is 0 Å². The van der Waals surface area contributed by atoms with E-state index >= 15 is 0 Å². The van der Waals surface area contributed by atoms with Crippen LogP contribution in [0.3, 0.4) is 0 Å². The van der Waals surface area contributed by atoms with Gasteiger partial charge in [-0.15, -0.1) is 0 Å². The third-order valence-corrected chi connectivity index (χ3v) is 3.61. The van der Waals surface area contributed by atoms with Crippen LogP contribution >= 0.6 is 27.5 Å². The van der Waals surface area contributed by atoms with E-state index < -0.39 is 21.9 Å². The second-order valence-corrected chi connectivity index (χ2v) is 7.54. The number of benzene rings is 1. The number of rotatable bonds is 3. The third kappa shape index (κ3) is 5.98. The maximum absolute atomic E-state index is 11.8. The zero-order valence-electron chi connectivity index (χ0n) is 11.0. The summed E-state index contributed by atoms with van der Waals surface area (Å²) in [5, 5.41) is 0.444. The first-order valence-electron chi connectivity index (χ1n) is 5.47. The van der Waals surface area contributed by atoms with Crippen LogP contribution in [-0.4, -0.2) is 20.1 Å². The number of nitrogens with one attached hydrogen (secondary N) is 2. The third-order valence-electron chi connectivity index (χ3n) is 1.79. The van der Waals surface area contributed by atoms with Crippen LogP contribution in [0.5, 0.6) is 0 Å². The van der Waals surface area contributed by atoms with Crippen LogP contribution in [0.25, 0.3) is 0 Å². The fraction of sp³-hybridized carbons (Fsp3) is 0.364. The Kier molecular flexibility index (Phi) is 5.28. The van der Waals surface area contributed by atoms with E-state index in [-0.39, 0.29) is 5.69 Å². The molecule has 1 rings (SSSR count). The molecule has 9 heteroatoms. The lowest BCUT2D eigenvalue weighted by molar-refractivity contribution is 0.0570. The first-order valence-corrected chi connectivity index (χ1v) is 8.12. The summed E-state index contributed by atoms with van der Waals surface area (Å²) >= 11 is 8.91. The largest absolute Gasteiger partial charge is 0.443 e. The van der Waals surface area contributed by atoms with E-state index in [2.05, 4.69) is 20.7 Å². The van der Waals surface area contributed by atoms with Crippen molar-refractivity contribution in [3.8, 4) is 0 Å². The molecule has 0 aliphatic rings. The molecule has 0 heterocycles. The van der Waals surface area contributed by atoms with Crippen molar-refractivity contribution in [1.82, 2.24) is 4.72 Å². The molecule has 2 N–H and O–H groups in total. The van der Waals surface area contributed by atoms with Gasteiger partial charge in [0.2, 0.25) is 0 Å².